The Bertz CT molecular complexity index is 610. The highest BCUT2D eigenvalue weighted by molar-refractivity contribution is 14.0. The van der Waals surface area contributed by atoms with Gasteiger partial charge in [-0.25, -0.2) is 9.79 Å². The molecule has 0 atom stereocenters. The molecule has 8 heteroatoms. The fourth-order valence-electron chi connectivity index (χ4n) is 2.00. The Morgan fingerprint density at radius 2 is 1.73 bits per heavy atom. The van der Waals surface area contributed by atoms with Gasteiger partial charge in [0, 0.05) is 12.1 Å². The van der Waals surface area contributed by atoms with E-state index in [1.165, 1.54) is 7.11 Å². The van der Waals surface area contributed by atoms with Crippen molar-refractivity contribution in [2.75, 3.05) is 20.2 Å². The molecule has 0 saturated carbocycles. The average molecular weight is 476 g/mol. The number of halogens is 1. The summed E-state index contributed by atoms with van der Waals surface area (Å²) in [6.07, 6.45) is 0. The van der Waals surface area contributed by atoms with Gasteiger partial charge in [0.2, 0.25) is 5.91 Å². The number of nitrogens with zero attached hydrogens (tertiary/aromatic N) is 1. The summed E-state index contributed by atoms with van der Waals surface area (Å²) in [6.45, 7) is 9.01. The molecule has 1 aromatic rings. The fraction of sp³-hybridized carbons (Fsp3) is 0.500. The first kappa shape index (κ1) is 24.2. The number of esters is 1. The number of nitrogens with one attached hydrogen (secondary N) is 3. The Balaban J connectivity index is 0.00000625. The van der Waals surface area contributed by atoms with Gasteiger partial charge in [-0.15, -0.1) is 24.0 Å². The molecule has 7 nitrogen and oxygen atoms in total. The normalized spacial score (nSPS) is 11.2. The summed E-state index contributed by atoms with van der Waals surface area (Å²) in [5, 5.41) is 8.98. The number of carbonyl (C=O) groups is 2. The summed E-state index contributed by atoms with van der Waals surface area (Å²) < 4.78 is 4.67. The van der Waals surface area contributed by atoms with Gasteiger partial charge < -0.3 is 20.7 Å². The van der Waals surface area contributed by atoms with Gasteiger partial charge in [-0.3, -0.25) is 4.79 Å². The van der Waals surface area contributed by atoms with Crippen molar-refractivity contribution in [3.8, 4) is 0 Å². The second-order valence-electron chi connectivity index (χ2n) is 6.54. The van der Waals surface area contributed by atoms with Crippen LogP contribution in [0, 0.1) is 0 Å². The van der Waals surface area contributed by atoms with Crippen molar-refractivity contribution in [2.24, 2.45) is 4.99 Å². The predicted molar refractivity (Wildman–Crippen MR) is 114 cm³/mol. The highest BCUT2D eigenvalue weighted by Gasteiger charge is 2.13. The van der Waals surface area contributed by atoms with Crippen molar-refractivity contribution in [1.82, 2.24) is 16.0 Å². The molecular weight excluding hydrogens is 447 g/mol. The van der Waals surface area contributed by atoms with Gasteiger partial charge in [0.05, 0.1) is 25.8 Å². The predicted octanol–water partition coefficient (Wildman–Crippen LogP) is 2.06. The first-order valence-electron chi connectivity index (χ1n) is 8.25. The molecule has 0 unspecified atom stereocenters. The van der Waals surface area contributed by atoms with E-state index in [1.807, 2.05) is 39.8 Å². The van der Waals surface area contributed by atoms with E-state index >= 15 is 0 Å². The summed E-state index contributed by atoms with van der Waals surface area (Å²) in [5.41, 5.74) is 1.18. The van der Waals surface area contributed by atoms with E-state index in [4.69, 9.17) is 0 Å². The Morgan fingerprint density at radius 3 is 2.23 bits per heavy atom. The van der Waals surface area contributed by atoms with Crippen molar-refractivity contribution in [3.63, 3.8) is 0 Å². The van der Waals surface area contributed by atoms with Gasteiger partial charge in [-0.05, 0) is 45.4 Å². The van der Waals surface area contributed by atoms with Crippen LogP contribution in [0.4, 0.5) is 0 Å². The number of rotatable bonds is 6. The number of ether oxygens (including phenoxy) is 1. The van der Waals surface area contributed by atoms with E-state index < -0.39 is 0 Å². The molecule has 1 rings (SSSR count). The Morgan fingerprint density at radius 1 is 1.12 bits per heavy atom. The lowest BCUT2D eigenvalue weighted by molar-refractivity contribution is -0.121. The summed E-state index contributed by atoms with van der Waals surface area (Å²) in [4.78, 5) is 27.7. The van der Waals surface area contributed by atoms with E-state index in [-0.39, 0.29) is 47.9 Å². The van der Waals surface area contributed by atoms with Crippen molar-refractivity contribution in [1.29, 1.82) is 0 Å². The maximum absolute atomic E-state index is 11.9. The SMILES string of the molecule is CCNC(=NCc1ccc(C(=O)OC)cc1)NCC(=O)NC(C)(C)C.I. The summed E-state index contributed by atoms with van der Waals surface area (Å²) in [7, 11) is 1.35. The number of amides is 1. The van der Waals surface area contributed by atoms with Crippen LogP contribution in [0.3, 0.4) is 0 Å². The molecule has 1 amide bonds. The van der Waals surface area contributed by atoms with Crippen LogP contribution in [0.15, 0.2) is 29.3 Å². The third-order valence-electron chi connectivity index (χ3n) is 3.07. The van der Waals surface area contributed by atoms with Crippen LogP contribution in [0.2, 0.25) is 0 Å². The molecule has 1 aromatic carbocycles. The zero-order valence-corrected chi connectivity index (χ0v) is 18.3. The van der Waals surface area contributed by atoms with Crippen LogP contribution in [-0.4, -0.2) is 43.6 Å². The molecule has 0 fully saturated rings. The van der Waals surface area contributed by atoms with E-state index in [0.717, 1.165) is 5.56 Å². The van der Waals surface area contributed by atoms with E-state index in [2.05, 4.69) is 25.7 Å². The monoisotopic (exact) mass is 476 g/mol. The molecule has 0 aliphatic rings. The first-order chi connectivity index (χ1) is 11.7. The topological polar surface area (TPSA) is 91.8 Å². The van der Waals surface area contributed by atoms with E-state index in [0.29, 0.717) is 24.6 Å². The molecule has 3 N–H and O–H groups in total. The molecule has 146 valence electrons. The quantitative estimate of drug-likeness (QED) is 0.253. The molecule has 0 radical (unpaired) electrons. The van der Waals surface area contributed by atoms with Gasteiger partial charge >= 0.3 is 5.97 Å². The minimum atomic E-state index is -0.366. The third-order valence-corrected chi connectivity index (χ3v) is 3.07. The Labute approximate surface area is 172 Å². The zero-order valence-electron chi connectivity index (χ0n) is 16.0. The number of aliphatic imine (C=N–C) groups is 1. The number of hydrogen-bond acceptors (Lipinski definition) is 4. The molecule has 26 heavy (non-hydrogen) atoms. The van der Waals surface area contributed by atoms with Crippen LogP contribution in [0.5, 0.6) is 0 Å². The molecular formula is C18H29IN4O3. The van der Waals surface area contributed by atoms with E-state index in [9.17, 15) is 9.59 Å². The number of carbonyl (C=O) groups excluding carboxylic acids is 2. The molecule has 0 bridgehead atoms. The van der Waals surface area contributed by atoms with Crippen LogP contribution in [0.1, 0.15) is 43.6 Å². The van der Waals surface area contributed by atoms with Crippen molar-refractivity contribution in [3.05, 3.63) is 35.4 Å². The van der Waals surface area contributed by atoms with Gasteiger partial charge in [-0.1, -0.05) is 12.1 Å². The van der Waals surface area contributed by atoms with Gasteiger partial charge in [0.15, 0.2) is 5.96 Å². The lowest BCUT2D eigenvalue weighted by Crippen LogP contribution is -2.48. The second kappa shape index (κ2) is 11.7. The number of hydrogen-bond donors (Lipinski definition) is 3. The first-order valence-corrected chi connectivity index (χ1v) is 8.25. The Kier molecular flexibility index (Phi) is 10.9. The number of methoxy groups -OCH3 is 1. The standard InChI is InChI=1S/C18H28N4O3.HI/c1-6-19-17(21-12-15(23)22-18(2,3)4)20-11-13-7-9-14(10-8-13)16(24)25-5;/h7-10H,6,11-12H2,1-5H3,(H,22,23)(H2,19,20,21);1H. The van der Waals surface area contributed by atoms with E-state index in [1.54, 1.807) is 12.1 Å². The van der Waals surface area contributed by atoms with Crippen molar-refractivity contribution in [2.45, 2.75) is 39.8 Å². The van der Waals surface area contributed by atoms with Gasteiger partial charge in [-0.2, -0.15) is 0 Å². The number of guanidine groups is 1. The molecule has 0 saturated heterocycles. The second-order valence-corrected chi connectivity index (χ2v) is 6.54. The summed E-state index contributed by atoms with van der Waals surface area (Å²) >= 11 is 0. The van der Waals surface area contributed by atoms with Crippen LogP contribution < -0.4 is 16.0 Å². The summed E-state index contributed by atoms with van der Waals surface area (Å²) in [5.74, 6) is 0.0963. The molecule has 0 aliphatic heterocycles. The minimum Gasteiger partial charge on any atom is -0.465 e. The molecule has 0 spiro atoms. The number of benzene rings is 1. The Hall–Kier alpha value is -1.84. The van der Waals surface area contributed by atoms with Crippen LogP contribution in [0.25, 0.3) is 0 Å². The largest absolute Gasteiger partial charge is 0.465 e. The lowest BCUT2D eigenvalue weighted by Gasteiger charge is -2.21. The molecule has 0 aromatic heterocycles. The van der Waals surface area contributed by atoms with Crippen molar-refractivity contribution >= 4 is 41.8 Å². The third kappa shape index (κ3) is 9.59. The smallest absolute Gasteiger partial charge is 0.337 e. The lowest BCUT2D eigenvalue weighted by atomic mass is 10.1. The van der Waals surface area contributed by atoms with Gasteiger partial charge in [0.1, 0.15) is 0 Å². The van der Waals surface area contributed by atoms with Crippen LogP contribution in [-0.2, 0) is 16.1 Å². The van der Waals surface area contributed by atoms with Crippen molar-refractivity contribution < 1.29 is 14.3 Å². The fourth-order valence-corrected chi connectivity index (χ4v) is 2.00. The van der Waals surface area contributed by atoms with Gasteiger partial charge in [0.25, 0.3) is 0 Å². The maximum Gasteiger partial charge on any atom is 0.337 e. The molecule has 0 heterocycles. The summed E-state index contributed by atoms with van der Waals surface area (Å²) in [6, 6.07) is 7.05. The zero-order chi connectivity index (χ0) is 18.9. The van der Waals surface area contributed by atoms with Crippen LogP contribution >= 0.6 is 24.0 Å². The average Bonchev–Trinajstić information content (AvgIpc) is 2.55. The minimum absolute atomic E-state index is 0. The highest BCUT2D eigenvalue weighted by atomic mass is 127. The highest BCUT2D eigenvalue weighted by Crippen LogP contribution is 2.06. The molecule has 0 aliphatic carbocycles. The maximum atomic E-state index is 11.9.